The number of halogens is 4. The number of nitrogens with one attached hydrogen (secondary N) is 1. The van der Waals surface area contributed by atoms with Crippen LogP contribution in [0.4, 0.5) is 19.0 Å². The van der Waals surface area contributed by atoms with Crippen molar-refractivity contribution in [2.45, 2.75) is 25.6 Å². The number of hydrazone groups is 1. The van der Waals surface area contributed by atoms with E-state index in [0.717, 1.165) is 12.3 Å². The van der Waals surface area contributed by atoms with Crippen LogP contribution in [0.25, 0.3) is 0 Å². The Morgan fingerprint density at radius 3 is 2.46 bits per heavy atom. The first-order chi connectivity index (χ1) is 12.0. The smallest absolute Gasteiger partial charge is 0.378 e. The standard InChI is InChI=1S/C18H15ClF3N3O/c1-17(2,26)8-7-12-3-5-13(6-4-12)10-24-25-16-15(18(20,21)22)9-14(19)11-23-16/h3-6,9-11,26H,1-2H3,(H,23,25)/b24-10+. The molecule has 0 fully saturated rings. The molecule has 26 heavy (non-hydrogen) atoms. The highest BCUT2D eigenvalue weighted by Crippen LogP contribution is 2.35. The molecule has 0 aliphatic heterocycles. The lowest BCUT2D eigenvalue weighted by molar-refractivity contribution is -0.137. The molecule has 1 aromatic carbocycles. The van der Waals surface area contributed by atoms with Crippen LogP contribution in [-0.4, -0.2) is 21.9 Å². The van der Waals surface area contributed by atoms with E-state index >= 15 is 0 Å². The van der Waals surface area contributed by atoms with E-state index in [2.05, 4.69) is 27.4 Å². The van der Waals surface area contributed by atoms with Crippen LogP contribution in [0.5, 0.6) is 0 Å². The number of pyridine rings is 1. The number of hydrogen-bond acceptors (Lipinski definition) is 4. The van der Waals surface area contributed by atoms with E-state index in [0.29, 0.717) is 11.1 Å². The zero-order chi connectivity index (χ0) is 19.4. The van der Waals surface area contributed by atoms with Gasteiger partial charge in [-0.05, 0) is 37.6 Å². The highest BCUT2D eigenvalue weighted by molar-refractivity contribution is 6.30. The number of anilines is 1. The third-order valence-corrected chi connectivity index (χ3v) is 3.17. The molecule has 8 heteroatoms. The zero-order valence-electron chi connectivity index (χ0n) is 13.9. The van der Waals surface area contributed by atoms with Crippen LogP contribution in [0.2, 0.25) is 5.02 Å². The number of hydrogen-bond donors (Lipinski definition) is 2. The summed E-state index contributed by atoms with van der Waals surface area (Å²) in [5, 5.41) is 13.2. The van der Waals surface area contributed by atoms with Gasteiger partial charge in [-0.25, -0.2) is 4.98 Å². The van der Waals surface area contributed by atoms with Crippen molar-refractivity contribution in [3.8, 4) is 11.8 Å². The summed E-state index contributed by atoms with van der Waals surface area (Å²) in [4.78, 5) is 3.62. The first-order valence-corrected chi connectivity index (χ1v) is 7.80. The summed E-state index contributed by atoms with van der Waals surface area (Å²) >= 11 is 5.57. The summed E-state index contributed by atoms with van der Waals surface area (Å²) < 4.78 is 38.9. The molecule has 2 aromatic rings. The molecule has 1 aromatic heterocycles. The van der Waals surface area contributed by atoms with Crippen molar-refractivity contribution in [2.75, 3.05) is 5.43 Å². The van der Waals surface area contributed by atoms with Gasteiger partial charge in [0.1, 0.15) is 11.2 Å². The Bertz CT molecular complexity index is 860. The minimum Gasteiger partial charge on any atom is -0.378 e. The lowest BCUT2D eigenvalue weighted by atomic mass is 10.1. The van der Waals surface area contributed by atoms with Gasteiger partial charge in [0.25, 0.3) is 0 Å². The van der Waals surface area contributed by atoms with Gasteiger partial charge in [0, 0.05) is 11.8 Å². The Hall–Kier alpha value is -2.56. The van der Waals surface area contributed by atoms with Crippen LogP contribution < -0.4 is 5.43 Å². The van der Waals surface area contributed by atoms with Crippen molar-refractivity contribution in [1.29, 1.82) is 0 Å². The van der Waals surface area contributed by atoms with Gasteiger partial charge in [-0.2, -0.15) is 18.3 Å². The predicted molar refractivity (Wildman–Crippen MR) is 95.1 cm³/mol. The van der Waals surface area contributed by atoms with Crippen molar-refractivity contribution in [1.82, 2.24) is 4.98 Å². The van der Waals surface area contributed by atoms with Gasteiger partial charge in [0.05, 0.1) is 11.2 Å². The summed E-state index contributed by atoms with van der Waals surface area (Å²) in [5.41, 5.74) is 1.52. The number of aliphatic hydroxyl groups is 1. The van der Waals surface area contributed by atoms with Gasteiger partial charge in [-0.1, -0.05) is 35.6 Å². The van der Waals surface area contributed by atoms with E-state index in [1.165, 1.54) is 6.21 Å². The summed E-state index contributed by atoms with van der Waals surface area (Å²) in [7, 11) is 0. The number of alkyl halides is 3. The molecular formula is C18H15ClF3N3O. The third kappa shape index (κ3) is 6.06. The first kappa shape index (κ1) is 19.8. The Kier molecular flexibility index (Phi) is 5.90. The molecule has 0 aliphatic rings. The van der Waals surface area contributed by atoms with Crippen LogP contribution in [0.3, 0.4) is 0 Å². The van der Waals surface area contributed by atoms with Gasteiger partial charge in [-0.15, -0.1) is 0 Å². The van der Waals surface area contributed by atoms with E-state index in [1.54, 1.807) is 38.1 Å². The van der Waals surface area contributed by atoms with Crippen LogP contribution in [0.1, 0.15) is 30.5 Å². The summed E-state index contributed by atoms with van der Waals surface area (Å²) in [6.07, 6.45) is -2.15. The fourth-order valence-electron chi connectivity index (χ4n) is 1.79. The maximum absolute atomic E-state index is 13.0. The molecule has 0 bridgehead atoms. The minimum absolute atomic E-state index is 0.116. The summed E-state index contributed by atoms with van der Waals surface area (Å²) in [6, 6.07) is 7.59. The lowest BCUT2D eigenvalue weighted by Gasteiger charge is -2.11. The average Bonchev–Trinajstić information content (AvgIpc) is 2.54. The molecule has 0 saturated carbocycles. The number of benzene rings is 1. The average molecular weight is 382 g/mol. The molecule has 0 unspecified atom stereocenters. The monoisotopic (exact) mass is 381 g/mol. The number of rotatable bonds is 3. The molecule has 0 atom stereocenters. The Morgan fingerprint density at radius 1 is 1.23 bits per heavy atom. The SMILES string of the molecule is CC(C)(O)C#Cc1ccc(/C=N/Nc2ncc(Cl)cc2C(F)(F)F)cc1. The maximum atomic E-state index is 13.0. The van der Waals surface area contributed by atoms with E-state index < -0.39 is 23.2 Å². The maximum Gasteiger partial charge on any atom is 0.420 e. The summed E-state index contributed by atoms with van der Waals surface area (Å²) in [5.74, 6) is 5.06. The second-order valence-electron chi connectivity index (χ2n) is 5.85. The molecule has 0 spiro atoms. The fraction of sp³-hybridized carbons (Fsp3) is 0.222. The Morgan fingerprint density at radius 2 is 1.88 bits per heavy atom. The highest BCUT2D eigenvalue weighted by atomic mass is 35.5. The van der Waals surface area contributed by atoms with E-state index in [-0.39, 0.29) is 5.02 Å². The molecule has 0 saturated heterocycles. The van der Waals surface area contributed by atoms with Gasteiger partial charge >= 0.3 is 6.18 Å². The Labute approximate surface area is 153 Å². The fourth-order valence-corrected chi connectivity index (χ4v) is 1.95. The van der Waals surface area contributed by atoms with Gasteiger partial charge in [0.2, 0.25) is 0 Å². The predicted octanol–water partition coefficient (Wildman–Crippen LogP) is 4.32. The van der Waals surface area contributed by atoms with Crippen LogP contribution >= 0.6 is 11.6 Å². The Balaban J connectivity index is 2.11. The van der Waals surface area contributed by atoms with Crippen LogP contribution in [-0.2, 0) is 6.18 Å². The van der Waals surface area contributed by atoms with Crippen LogP contribution in [0.15, 0.2) is 41.6 Å². The first-order valence-electron chi connectivity index (χ1n) is 7.42. The number of aromatic nitrogens is 1. The van der Waals surface area contributed by atoms with Gasteiger partial charge in [0.15, 0.2) is 5.82 Å². The van der Waals surface area contributed by atoms with Crippen molar-refractivity contribution < 1.29 is 18.3 Å². The van der Waals surface area contributed by atoms with Crippen molar-refractivity contribution in [2.24, 2.45) is 5.10 Å². The molecule has 1 heterocycles. The van der Waals surface area contributed by atoms with Crippen molar-refractivity contribution in [3.63, 3.8) is 0 Å². The largest absolute Gasteiger partial charge is 0.420 e. The van der Waals surface area contributed by atoms with Gasteiger partial charge in [-0.3, -0.25) is 5.43 Å². The molecule has 0 radical (unpaired) electrons. The molecule has 136 valence electrons. The highest BCUT2D eigenvalue weighted by Gasteiger charge is 2.34. The zero-order valence-corrected chi connectivity index (χ0v) is 14.7. The third-order valence-electron chi connectivity index (χ3n) is 2.97. The van der Waals surface area contributed by atoms with Gasteiger partial charge < -0.3 is 5.11 Å². The second-order valence-corrected chi connectivity index (χ2v) is 6.28. The molecule has 2 rings (SSSR count). The normalized spacial score (nSPS) is 12.0. The lowest BCUT2D eigenvalue weighted by Crippen LogP contribution is -2.14. The molecule has 0 aliphatic carbocycles. The topological polar surface area (TPSA) is 57.5 Å². The minimum atomic E-state index is -4.60. The van der Waals surface area contributed by atoms with Crippen LogP contribution in [0, 0.1) is 11.8 Å². The molecule has 2 N–H and O–H groups in total. The molecule has 4 nitrogen and oxygen atoms in total. The van der Waals surface area contributed by atoms with E-state index in [1.807, 2.05) is 0 Å². The molecular weight excluding hydrogens is 367 g/mol. The van der Waals surface area contributed by atoms with E-state index in [9.17, 15) is 18.3 Å². The van der Waals surface area contributed by atoms with Crippen molar-refractivity contribution >= 4 is 23.6 Å². The number of nitrogens with zero attached hydrogens (tertiary/aromatic N) is 2. The summed E-state index contributed by atoms with van der Waals surface area (Å²) in [6.45, 7) is 3.15. The quantitative estimate of drug-likeness (QED) is 0.473. The molecule has 0 amide bonds. The second kappa shape index (κ2) is 7.77. The van der Waals surface area contributed by atoms with Crippen molar-refractivity contribution in [3.05, 3.63) is 58.2 Å². The van der Waals surface area contributed by atoms with E-state index in [4.69, 9.17) is 11.6 Å².